The van der Waals surface area contributed by atoms with Crippen LogP contribution in [0.15, 0.2) is 57.3 Å². The molecule has 2 heterocycles. The van der Waals surface area contributed by atoms with Crippen LogP contribution in [0.1, 0.15) is 65.0 Å². The van der Waals surface area contributed by atoms with Gasteiger partial charge in [0.05, 0.1) is 11.9 Å². The number of nitrogens with zero attached hydrogens (tertiary/aromatic N) is 4. The summed E-state index contributed by atoms with van der Waals surface area (Å²) in [4.78, 5) is 23.7. The number of hydrogen-bond donors (Lipinski definition) is 1. The van der Waals surface area contributed by atoms with Gasteiger partial charge >= 0.3 is 6.18 Å². The third kappa shape index (κ3) is 8.67. The highest BCUT2D eigenvalue weighted by atomic mass is 32.2. The number of alkyl halides is 3. The summed E-state index contributed by atoms with van der Waals surface area (Å²) in [5.74, 6) is -0.989. The topological polar surface area (TPSA) is 83.4 Å². The number of anilines is 1. The smallest absolute Gasteiger partial charge is 0.413 e. The first-order valence-corrected chi connectivity index (χ1v) is 15.3. The van der Waals surface area contributed by atoms with E-state index in [-0.39, 0.29) is 23.3 Å². The number of aliphatic imine (C=N–C) groups is 2. The van der Waals surface area contributed by atoms with Crippen LogP contribution in [-0.4, -0.2) is 66.7 Å². The summed E-state index contributed by atoms with van der Waals surface area (Å²) in [6.07, 6.45) is 0.0901. The van der Waals surface area contributed by atoms with Crippen LogP contribution in [0, 0.1) is 11.3 Å². The lowest BCUT2D eigenvalue weighted by atomic mass is 9.78. The van der Waals surface area contributed by atoms with Gasteiger partial charge in [0.2, 0.25) is 11.9 Å². The summed E-state index contributed by atoms with van der Waals surface area (Å²) in [6.45, 7) is 8.97. The van der Waals surface area contributed by atoms with Gasteiger partial charge < -0.3 is 14.4 Å². The average Bonchev–Trinajstić information content (AvgIpc) is 3.12. The number of amides is 1. The van der Waals surface area contributed by atoms with Gasteiger partial charge in [-0.25, -0.2) is 0 Å². The van der Waals surface area contributed by atoms with Crippen LogP contribution < -0.4 is 9.62 Å². The van der Waals surface area contributed by atoms with Crippen molar-refractivity contribution in [3.05, 3.63) is 52.9 Å². The molecule has 1 fully saturated rings. The van der Waals surface area contributed by atoms with Crippen LogP contribution in [-0.2, 0) is 16.2 Å². The predicted octanol–water partition coefficient (Wildman–Crippen LogP) is 6.28. The zero-order valence-corrected chi connectivity index (χ0v) is 25.9. The largest absolute Gasteiger partial charge is 0.598 e. The van der Waals surface area contributed by atoms with Crippen molar-refractivity contribution in [2.75, 3.05) is 37.8 Å². The summed E-state index contributed by atoms with van der Waals surface area (Å²) >= 11 is -1.17. The first kappa shape index (κ1) is 33.8. The van der Waals surface area contributed by atoms with E-state index in [0.29, 0.717) is 43.1 Å². The van der Waals surface area contributed by atoms with Gasteiger partial charge in [0.15, 0.2) is 6.04 Å². The lowest BCUT2D eigenvalue weighted by Crippen LogP contribution is -2.40. The maximum Gasteiger partial charge on any atom is 0.413 e. The van der Waals surface area contributed by atoms with Crippen molar-refractivity contribution < 1.29 is 26.9 Å². The van der Waals surface area contributed by atoms with Crippen LogP contribution in [0.5, 0.6) is 0 Å². The third-order valence-corrected chi connectivity index (χ3v) is 9.32. The fourth-order valence-electron chi connectivity index (χ4n) is 5.20. The lowest BCUT2D eigenvalue weighted by molar-refractivity contribution is -0.189. The van der Waals surface area contributed by atoms with Crippen molar-refractivity contribution in [2.24, 2.45) is 21.3 Å². The normalized spacial score (nSPS) is 23.3. The molecule has 7 nitrogen and oxygen atoms in total. The quantitative estimate of drug-likeness (QED) is 0.213. The number of hydrogen-bond acceptors (Lipinski definition) is 6. The van der Waals surface area contributed by atoms with Gasteiger partial charge in [-0.3, -0.25) is 14.8 Å². The molecule has 1 amide bonds. The molecule has 0 bridgehead atoms. The van der Waals surface area contributed by atoms with Crippen LogP contribution in [0.25, 0.3) is 0 Å². The van der Waals surface area contributed by atoms with Crippen molar-refractivity contribution in [3.8, 4) is 0 Å². The summed E-state index contributed by atoms with van der Waals surface area (Å²) < 4.78 is 71.2. The Balaban J connectivity index is 1.87. The SMILES string of the molecule is C\N=C(F)/C=C(C)/N=C\C1=C(C)C(C)(C)CCN1c1ccc([C@H](N(C)C(=O)C[C@@H]2CCN[S@+]([O-])CC2)C(F)(F)F)cc1. The zero-order chi connectivity index (χ0) is 31.2. The van der Waals surface area contributed by atoms with Gasteiger partial charge in [-0.1, -0.05) is 26.0 Å². The molecule has 0 saturated carbocycles. The Bertz CT molecular complexity index is 1230. The van der Waals surface area contributed by atoms with Crippen LogP contribution >= 0.6 is 0 Å². The monoisotopic (exact) mass is 611 g/mol. The van der Waals surface area contributed by atoms with Crippen LogP contribution in [0.2, 0.25) is 0 Å². The Hall–Kier alpha value is -2.70. The highest BCUT2D eigenvalue weighted by Crippen LogP contribution is 2.41. The number of nitrogens with one attached hydrogen (secondary N) is 1. The molecule has 1 saturated heterocycles. The van der Waals surface area contributed by atoms with Crippen molar-refractivity contribution in [1.29, 1.82) is 0 Å². The van der Waals surface area contributed by atoms with E-state index in [4.69, 9.17) is 0 Å². The summed E-state index contributed by atoms with van der Waals surface area (Å²) in [5, 5.41) is 0. The zero-order valence-electron chi connectivity index (χ0n) is 25.1. The molecule has 3 atom stereocenters. The highest BCUT2D eigenvalue weighted by Gasteiger charge is 2.45. The molecule has 42 heavy (non-hydrogen) atoms. The molecular weight excluding hydrogens is 570 g/mol. The van der Waals surface area contributed by atoms with Gasteiger partial charge in [-0.2, -0.15) is 17.6 Å². The molecule has 232 valence electrons. The van der Waals surface area contributed by atoms with Crippen molar-refractivity contribution in [3.63, 3.8) is 0 Å². The minimum absolute atomic E-state index is 0.0295. The highest BCUT2D eigenvalue weighted by molar-refractivity contribution is 7.89. The van der Waals surface area contributed by atoms with E-state index < -0.39 is 35.5 Å². The molecule has 0 aromatic heterocycles. The second-order valence-corrected chi connectivity index (χ2v) is 12.9. The molecule has 0 unspecified atom stereocenters. The number of carbonyl (C=O) groups excluding carboxylic acids is 1. The first-order valence-electron chi connectivity index (χ1n) is 14.0. The van der Waals surface area contributed by atoms with Crippen molar-refractivity contribution >= 4 is 35.1 Å². The Morgan fingerprint density at radius 2 is 1.95 bits per heavy atom. The van der Waals surface area contributed by atoms with E-state index in [1.807, 2.05) is 11.8 Å². The fourth-order valence-corrected chi connectivity index (χ4v) is 6.23. The van der Waals surface area contributed by atoms with E-state index in [2.05, 4.69) is 28.6 Å². The van der Waals surface area contributed by atoms with E-state index in [9.17, 15) is 26.9 Å². The second kappa shape index (κ2) is 14.2. The molecule has 1 aromatic rings. The molecule has 3 rings (SSSR count). The summed E-state index contributed by atoms with van der Waals surface area (Å²) in [7, 11) is 2.54. The first-order chi connectivity index (χ1) is 19.6. The Kier molecular flexibility index (Phi) is 11.4. The molecule has 12 heteroatoms. The molecule has 2 aliphatic rings. The minimum Gasteiger partial charge on any atom is -0.598 e. The lowest BCUT2D eigenvalue weighted by Gasteiger charge is -2.40. The summed E-state index contributed by atoms with van der Waals surface area (Å²) in [6, 6.07) is 3.99. The van der Waals surface area contributed by atoms with Gasteiger partial charge in [0.25, 0.3) is 0 Å². The van der Waals surface area contributed by atoms with Gasteiger partial charge in [0, 0.05) is 62.4 Å². The molecule has 0 spiro atoms. The molecule has 1 aromatic carbocycles. The van der Waals surface area contributed by atoms with E-state index >= 15 is 0 Å². The number of allylic oxidation sites excluding steroid dienone is 4. The Morgan fingerprint density at radius 1 is 1.29 bits per heavy atom. The fraction of sp³-hybridized carbons (Fsp3) is 0.567. The molecule has 0 aliphatic carbocycles. The van der Waals surface area contributed by atoms with Gasteiger partial charge in [-0.15, -0.1) is 4.72 Å². The Morgan fingerprint density at radius 3 is 2.57 bits per heavy atom. The standard InChI is InChI=1S/C30H41F4N5O2S/c1-20(17-26(31)35-5)36-19-25-21(2)29(3,4)13-15-39(25)24-9-7-23(8-10-24)28(30(32,33)34)38(6)27(40)18-22-11-14-37-42(41)16-12-22/h7-10,17,19,22,28,37H,11-16,18H2,1-6H3/b20-17+,35-26+,36-19-/t22-,28+,42-/m1/s1. The van der Waals surface area contributed by atoms with E-state index in [0.717, 1.165) is 22.6 Å². The van der Waals surface area contributed by atoms with E-state index in [1.54, 1.807) is 25.3 Å². The molecule has 2 aliphatic heterocycles. The molecule has 1 N–H and O–H groups in total. The van der Waals surface area contributed by atoms with Crippen molar-refractivity contribution in [2.45, 2.75) is 65.6 Å². The molecule has 0 radical (unpaired) electrons. The predicted molar refractivity (Wildman–Crippen MR) is 162 cm³/mol. The molecular formula is C30H41F4N5O2S. The van der Waals surface area contributed by atoms with E-state index in [1.165, 1.54) is 32.3 Å². The van der Waals surface area contributed by atoms with Crippen molar-refractivity contribution in [1.82, 2.24) is 9.62 Å². The number of halogens is 4. The second-order valence-electron chi connectivity index (χ2n) is 11.5. The Labute approximate surface area is 249 Å². The van der Waals surface area contributed by atoms with Gasteiger partial charge in [-0.05, 0) is 67.7 Å². The number of rotatable bonds is 8. The minimum atomic E-state index is -4.68. The van der Waals surface area contributed by atoms with Crippen LogP contribution in [0.4, 0.5) is 23.2 Å². The number of carbonyl (C=O) groups is 1. The average molecular weight is 612 g/mol. The summed E-state index contributed by atoms with van der Waals surface area (Å²) in [5.41, 5.74) is 2.79. The third-order valence-electron chi connectivity index (χ3n) is 8.18. The van der Waals surface area contributed by atoms with Crippen LogP contribution in [0.3, 0.4) is 0 Å². The maximum absolute atomic E-state index is 14.3. The maximum atomic E-state index is 14.3. The van der Waals surface area contributed by atoms with Gasteiger partial charge in [0.1, 0.15) is 5.75 Å². The number of benzene rings is 1.